The van der Waals surface area contributed by atoms with E-state index in [0.29, 0.717) is 18.4 Å². The third-order valence-corrected chi connectivity index (χ3v) is 4.08. The van der Waals surface area contributed by atoms with Crippen molar-refractivity contribution in [1.82, 2.24) is 0 Å². The molecule has 1 aliphatic carbocycles. The number of hydrogen-bond acceptors (Lipinski definition) is 3. The summed E-state index contributed by atoms with van der Waals surface area (Å²) in [6.45, 7) is 5.21. The lowest BCUT2D eigenvalue weighted by molar-refractivity contribution is 0.382. The topological polar surface area (TPSA) is 44.5 Å². The van der Waals surface area contributed by atoms with E-state index in [4.69, 9.17) is 15.2 Å². The summed E-state index contributed by atoms with van der Waals surface area (Å²) in [5.74, 6) is 2.74. The lowest BCUT2D eigenvalue weighted by Gasteiger charge is -2.14. The van der Waals surface area contributed by atoms with E-state index in [1.54, 1.807) is 14.2 Å². The molecule has 0 spiro atoms. The third-order valence-electron chi connectivity index (χ3n) is 4.08. The van der Waals surface area contributed by atoms with Crippen molar-refractivity contribution < 1.29 is 9.47 Å². The van der Waals surface area contributed by atoms with Gasteiger partial charge in [0.1, 0.15) is 11.5 Å². The van der Waals surface area contributed by atoms with Gasteiger partial charge in [-0.15, -0.1) is 0 Å². The molecule has 2 N–H and O–H groups in total. The van der Waals surface area contributed by atoms with Crippen LogP contribution < -0.4 is 15.2 Å². The van der Waals surface area contributed by atoms with Gasteiger partial charge in [-0.1, -0.05) is 19.9 Å². The molecule has 1 fully saturated rings. The molecule has 0 bridgehead atoms. The number of benzene rings is 1. The molecule has 0 amide bonds. The molecule has 0 saturated heterocycles. The summed E-state index contributed by atoms with van der Waals surface area (Å²) in [5.41, 5.74) is 7.24. The van der Waals surface area contributed by atoms with Crippen molar-refractivity contribution in [3.8, 4) is 11.5 Å². The van der Waals surface area contributed by atoms with Crippen LogP contribution in [-0.4, -0.2) is 20.8 Å². The predicted molar refractivity (Wildman–Crippen MR) is 68.6 cm³/mol. The number of ether oxygens (including phenoxy) is 2. The van der Waals surface area contributed by atoms with Crippen LogP contribution in [0.15, 0.2) is 18.2 Å². The van der Waals surface area contributed by atoms with Gasteiger partial charge < -0.3 is 15.2 Å². The van der Waals surface area contributed by atoms with E-state index < -0.39 is 0 Å². The Balaban J connectivity index is 2.45. The molecule has 3 heteroatoms. The molecule has 0 radical (unpaired) electrons. The molecular weight excluding hydrogens is 214 g/mol. The molecule has 3 nitrogen and oxygen atoms in total. The average Bonchev–Trinajstić information content (AvgIpc) is 2.89. The quantitative estimate of drug-likeness (QED) is 0.871. The molecule has 0 aromatic heterocycles. The van der Waals surface area contributed by atoms with E-state index in [9.17, 15) is 0 Å². The van der Waals surface area contributed by atoms with Crippen molar-refractivity contribution in [1.29, 1.82) is 0 Å². The highest BCUT2D eigenvalue weighted by Crippen LogP contribution is 2.66. The summed E-state index contributed by atoms with van der Waals surface area (Å²) >= 11 is 0. The fourth-order valence-electron chi connectivity index (χ4n) is 2.94. The van der Waals surface area contributed by atoms with E-state index in [-0.39, 0.29) is 5.41 Å². The summed E-state index contributed by atoms with van der Waals surface area (Å²) in [6, 6.07) is 5.92. The van der Waals surface area contributed by atoms with Crippen molar-refractivity contribution in [2.75, 3.05) is 20.8 Å². The molecule has 2 rings (SSSR count). The Morgan fingerprint density at radius 1 is 1.18 bits per heavy atom. The van der Waals surface area contributed by atoms with Gasteiger partial charge in [-0.3, -0.25) is 0 Å². The first-order chi connectivity index (χ1) is 8.07. The second-order valence-electron chi connectivity index (χ2n) is 5.22. The Morgan fingerprint density at radius 3 is 2.06 bits per heavy atom. The standard InChI is InChI=1S/C14H21NO2/c1-14(2)9(8-15)13(14)12-10(16-3)6-5-7-11(12)17-4/h5-7,9,13H,8,15H2,1-4H3. The lowest BCUT2D eigenvalue weighted by atomic mass is 10.0. The largest absolute Gasteiger partial charge is 0.496 e. The Labute approximate surface area is 103 Å². The normalized spacial score (nSPS) is 25.5. The van der Waals surface area contributed by atoms with Gasteiger partial charge in [-0.25, -0.2) is 0 Å². The van der Waals surface area contributed by atoms with E-state index in [0.717, 1.165) is 17.1 Å². The first-order valence-electron chi connectivity index (χ1n) is 5.98. The summed E-state index contributed by atoms with van der Waals surface area (Å²) < 4.78 is 10.9. The minimum Gasteiger partial charge on any atom is -0.496 e. The Bertz CT molecular complexity index is 392. The number of methoxy groups -OCH3 is 2. The Morgan fingerprint density at radius 2 is 1.71 bits per heavy atom. The Hall–Kier alpha value is -1.22. The number of hydrogen-bond donors (Lipinski definition) is 1. The maximum Gasteiger partial charge on any atom is 0.126 e. The molecule has 1 aromatic carbocycles. The van der Waals surface area contributed by atoms with Crippen LogP contribution in [-0.2, 0) is 0 Å². The van der Waals surface area contributed by atoms with Gasteiger partial charge in [0.2, 0.25) is 0 Å². The molecule has 2 atom stereocenters. The summed E-state index contributed by atoms with van der Waals surface area (Å²) in [4.78, 5) is 0. The van der Waals surface area contributed by atoms with Crippen LogP contribution in [0.4, 0.5) is 0 Å². The molecular formula is C14H21NO2. The van der Waals surface area contributed by atoms with E-state index >= 15 is 0 Å². The van der Waals surface area contributed by atoms with Crippen LogP contribution in [0.1, 0.15) is 25.3 Å². The second kappa shape index (κ2) is 4.22. The van der Waals surface area contributed by atoms with E-state index in [1.165, 1.54) is 0 Å². The van der Waals surface area contributed by atoms with Crippen molar-refractivity contribution >= 4 is 0 Å². The maximum absolute atomic E-state index is 5.84. The highest BCUT2D eigenvalue weighted by atomic mass is 16.5. The van der Waals surface area contributed by atoms with Gasteiger partial charge in [-0.05, 0) is 30.0 Å². The van der Waals surface area contributed by atoms with Gasteiger partial charge in [-0.2, -0.15) is 0 Å². The van der Waals surface area contributed by atoms with Crippen LogP contribution >= 0.6 is 0 Å². The zero-order chi connectivity index (χ0) is 12.6. The van der Waals surface area contributed by atoms with Crippen molar-refractivity contribution in [3.63, 3.8) is 0 Å². The fraction of sp³-hybridized carbons (Fsp3) is 0.571. The van der Waals surface area contributed by atoms with E-state index in [2.05, 4.69) is 13.8 Å². The molecule has 1 saturated carbocycles. The van der Waals surface area contributed by atoms with Crippen molar-refractivity contribution in [2.24, 2.45) is 17.1 Å². The smallest absolute Gasteiger partial charge is 0.126 e. The maximum atomic E-state index is 5.84. The van der Waals surface area contributed by atoms with Crippen molar-refractivity contribution in [2.45, 2.75) is 19.8 Å². The van der Waals surface area contributed by atoms with Crippen LogP contribution in [0.3, 0.4) is 0 Å². The molecule has 94 valence electrons. The van der Waals surface area contributed by atoms with Crippen LogP contribution in [0.5, 0.6) is 11.5 Å². The van der Waals surface area contributed by atoms with Gasteiger partial charge in [0, 0.05) is 11.5 Å². The van der Waals surface area contributed by atoms with Crippen LogP contribution in [0.2, 0.25) is 0 Å². The highest BCUT2D eigenvalue weighted by Gasteiger charge is 2.59. The monoisotopic (exact) mass is 235 g/mol. The molecule has 0 aliphatic heterocycles. The lowest BCUT2D eigenvalue weighted by Crippen LogP contribution is -2.05. The zero-order valence-electron chi connectivity index (χ0n) is 11.0. The highest BCUT2D eigenvalue weighted by molar-refractivity contribution is 5.51. The summed E-state index contributed by atoms with van der Waals surface area (Å²) in [5, 5.41) is 0. The Kier molecular flexibility index (Phi) is 3.04. The second-order valence-corrected chi connectivity index (χ2v) is 5.22. The molecule has 0 heterocycles. The average molecular weight is 235 g/mol. The SMILES string of the molecule is COc1cccc(OC)c1C1C(CN)C1(C)C. The van der Waals surface area contributed by atoms with Crippen LogP contribution in [0.25, 0.3) is 0 Å². The first-order valence-corrected chi connectivity index (χ1v) is 5.98. The molecule has 17 heavy (non-hydrogen) atoms. The summed E-state index contributed by atoms with van der Waals surface area (Å²) in [6.07, 6.45) is 0. The summed E-state index contributed by atoms with van der Waals surface area (Å²) in [7, 11) is 3.40. The number of rotatable bonds is 4. The van der Waals surface area contributed by atoms with Gasteiger partial charge in [0.05, 0.1) is 14.2 Å². The van der Waals surface area contributed by atoms with Gasteiger partial charge in [0.25, 0.3) is 0 Å². The van der Waals surface area contributed by atoms with E-state index in [1.807, 2.05) is 18.2 Å². The molecule has 2 unspecified atom stereocenters. The van der Waals surface area contributed by atoms with Crippen LogP contribution in [0, 0.1) is 11.3 Å². The van der Waals surface area contributed by atoms with Crippen molar-refractivity contribution in [3.05, 3.63) is 23.8 Å². The van der Waals surface area contributed by atoms with Gasteiger partial charge in [0.15, 0.2) is 0 Å². The molecule has 1 aromatic rings. The predicted octanol–water partition coefficient (Wildman–Crippen LogP) is 2.40. The van der Waals surface area contributed by atoms with Gasteiger partial charge >= 0.3 is 0 Å². The third kappa shape index (κ3) is 1.78. The number of nitrogens with two attached hydrogens (primary N) is 1. The molecule has 1 aliphatic rings. The fourth-order valence-corrected chi connectivity index (χ4v) is 2.94. The minimum atomic E-state index is 0.233. The zero-order valence-corrected chi connectivity index (χ0v) is 11.0. The first kappa shape index (κ1) is 12.2. The minimum absolute atomic E-state index is 0.233.